The van der Waals surface area contributed by atoms with Crippen molar-refractivity contribution >= 4 is 35.9 Å². The fraction of sp³-hybridized carbons (Fsp3) is 0.389. The summed E-state index contributed by atoms with van der Waals surface area (Å²) in [7, 11) is 0. The smallest absolute Gasteiger partial charge is 0.368 e. The van der Waals surface area contributed by atoms with Crippen LogP contribution >= 0.6 is 12.4 Å². The largest absolute Gasteiger partial charge is 0.485 e. The maximum Gasteiger partial charge on any atom is 0.485 e. The van der Waals surface area contributed by atoms with Crippen LogP contribution in [0.4, 0.5) is 48.6 Å². The Kier molecular flexibility index (Phi) is 8.19. The van der Waals surface area contributed by atoms with Crippen LogP contribution in [0.5, 0.6) is 0 Å². The standard InChI is InChI=1S/C18H19F6N7O.ClH/c19-17(20,21)13-9-14(28-15(25)27-13)31-7-5-30(6-8-31)10-11-1-3-12(4-2-11)26-16(32)29-18(22,23)24;/h1-4,9H,5-8,10H2,(H2,25,27,28)(H2,26,29,32);1H. The van der Waals surface area contributed by atoms with Crippen LogP contribution in [0.2, 0.25) is 0 Å². The van der Waals surface area contributed by atoms with E-state index < -0.39 is 30.1 Å². The van der Waals surface area contributed by atoms with E-state index in [0.29, 0.717) is 32.7 Å². The first kappa shape index (κ1) is 26.3. The summed E-state index contributed by atoms with van der Waals surface area (Å²) in [4.78, 5) is 22.1. The average Bonchev–Trinajstić information content (AvgIpc) is 2.67. The van der Waals surface area contributed by atoms with Crippen LogP contribution in [-0.4, -0.2) is 53.4 Å². The Labute approximate surface area is 190 Å². The van der Waals surface area contributed by atoms with E-state index in [9.17, 15) is 31.1 Å². The number of piperazine rings is 1. The van der Waals surface area contributed by atoms with Gasteiger partial charge >= 0.3 is 18.5 Å². The second-order valence-electron chi connectivity index (χ2n) is 7.00. The molecule has 3 rings (SSSR count). The van der Waals surface area contributed by atoms with Crippen molar-refractivity contribution in [1.82, 2.24) is 20.2 Å². The molecule has 8 nitrogen and oxygen atoms in total. The fourth-order valence-electron chi connectivity index (χ4n) is 3.14. The molecule has 1 aliphatic rings. The molecule has 1 saturated heterocycles. The predicted molar refractivity (Wildman–Crippen MR) is 111 cm³/mol. The maximum atomic E-state index is 12.9. The third kappa shape index (κ3) is 7.82. The third-order valence-electron chi connectivity index (χ3n) is 4.59. The first-order chi connectivity index (χ1) is 14.9. The molecular weight excluding hydrogens is 480 g/mol. The molecule has 15 heteroatoms. The molecule has 4 N–H and O–H groups in total. The number of nitrogens with two attached hydrogens (primary N) is 1. The Morgan fingerprint density at radius 3 is 2.15 bits per heavy atom. The minimum atomic E-state index is -4.82. The summed E-state index contributed by atoms with van der Waals surface area (Å²) in [5.41, 5.74) is 5.37. The summed E-state index contributed by atoms with van der Waals surface area (Å²) >= 11 is 0. The maximum absolute atomic E-state index is 12.9. The number of halogens is 7. The lowest BCUT2D eigenvalue weighted by atomic mass is 10.1. The monoisotopic (exact) mass is 499 g/mol. The molecule has 182 valence electrons. The molecule has 0 saturated carbocycles. The molecule has 0 radical (unpaired) electrons. The quantitative estimate of drug-likeness (QED) is 0.440. The number of nitrogen functional groups attached to an aromatic ring is 1. The molecule has 0 bridgehead atoms. The molecule has 0 atom stereocenters. The number of hydrogen-bond acceptors (Lipinski definition) is 6. The zero-order valence-corrected chi connectivity index (χ0v) is 17.7. The number of alkyl halides is 6. The van der Waals surface area contributed by atoms with E-state index in [0.717, 1.165) is 16.9 Å². The number of aromatic nitrogens is 2. The molecule has 2 heterocycles. The summed E-state index contributed by atoms with van der Waals surface area (Å²) in [6.07, 6.45) is -9.44. The topological polar surface area (TPSA) is 99.4 Å². The van der Waals surface area contributed by atoms with Crippen LogP contribution in [0, 0.1) is 0 Å². The highest BCUT2D eigenvalue weighted by atomic mass is 35.5. The number of carbonyl (C=O) groups is 1. The van der Waals surface area contributed by atoms with Gasteiger partial charge in [-0.25, -0.2) is 15.1 Å². The number of amides is 2. The van der Waals surface area contributed by atoms with Gasteiger partial charge < -0.3 is 16.0 Å². The van der Waals surface area contributed by atoms with Gasteiger partial charge in [0.15, 0.2) is 5.69 Å². The number of rotatable bonds is 4. The van der Waals surface area contributed by atoms with Gasteiger partial charge in [0.25, 0.3) is 0 Å². The van der Waals surface area contributed by atoms with Gasteiger partial charge in [0.05, 0.1) is 0 Å². The molecule has 1 aromatic carbocycles. The minimum absolute atomic E-state index is 0. The lowest BCUT2D eigenvalue weighted by Gasteiger charge is -2.35. The van der Waals surface area contributed by atoms with Crippen molar-refractivity contribution in [3.05, 3.63) is 41.6 Å². The van der Waals surface area contributed by atoms with Crippen molar-refractivity contribution in [1.29, 1.82) is 0 Å². The first-order valence-corrected chi connectivity index (χ1v) is 9.33. The molecule has 0 aliphatic carbocycles. The molecule has 1 aliphatic heterocycles. The highest BCUT2D eigenvalue weighted by Gasteiger charge is 2.34. The Morgan fingerprint density at radius 1 is 1.00 bits per heavy atom. The Bertz CT molecular complexity index is 947. The van der Waals surface area contributed by atoms with Crippen LogP contribution < -0.4 is 21.3 Å². The molecule has 1 aromatic heterocycles. The summed E-state index contributed by atoms with van der Waals surface area (Å²) in [5.74, 6) is -0.341. The number of nitrogens with one attached hydrogen (secondary N) is 2. The Hall–Kier alpha value is -3.00. The first-order valence-electron chi connectivity index (χ1n) is 9.33. The van der Waals surface area contributed by atoms with Crippen molar-refractivity contribution in [2.75, 3.05) is 42.1 Å². The SMILES string of the molecule is Cl.Nc1nc(N2CCN(Cc3ccc(NC(=O)NC(F)(F)F)cc3)CC2)cc(C(F)(F)F)n1. The molecule has 2 aromatic rings. The van der Waals surface area contributed by atoms with E-state index in [-0.39, 0.29) is 23.9 Å². The van der Waals surface area contributed by atoms with E-state index in [1.165, 1.54) is 12.1 Å². The van der Waals surface area contributed by atoms with Gasteiger partial charge in [0, 0.05) is 44.5 Å². The van der Waals surface area contributed by atoms with Crippen molar-refractivity contribution in [3.63, 3.8) is 0 Å². The van der Waals surface area contributed by atoms with Gasteiger partial charge in [-0.15, -0.1) is 12.4 Å². The summed E-state index contributed by atoms with van der Waals surface area (Å²) in [6.45, 7) is 2.44. The Balaban J connectivity index is 0.00000385. The number of hydrogen-bond donors (Lipinski definition) is 3. The van der Waals surface area contributed by atoms with Crippen LogP contribution in [0.25, 0.3) is 0 Å². The van der Waals surface area contributed by atoms with E-state index >= 15 is 0 Å². The van der Waals surface area contributed by atoms with E-state index in [1.54, 1.807) is 17.0 Å². The minimum Gasteiger partial charge on any atom is -0.368 e. The van der Waals surface area contributed by atoms with Gasteiger partial charge in [0.1, 0.15) is 5.82 Å². The number of benzene rings is 1. The average molecular weight is 500 g/mol. The van der Waals surface area contributed by atoms with Gasteiger partial charge in [-0.1, -0.05) is 12.1 Å². The van der Waals surface area contributed by atoms with Crippen LogP contribution in [0.1, 0.15) is 11.3 Å². The highest BCUT2D eigenvalue weighted by molar-refractivity contribution is 5.89. The summed E-state index contributed by atoms with van der Waals surface area (Å²) < 4.78 is 75.2. The zero-order valence-electron chi connectivity index (χ0n) is 16.9. The van der Waals surface area contributed by atoms with Crippen molar-refractivity contribution in [3.8, 4) is 0 Å². The van der Waals surface area contributed by atoms with Crippen LogP contribution in [0.3, 0.4) is 0 Å². The van der Waals surface area contributed by atoms with Crippen molar-refractivity contribution in [2.45, 2.75) is 19.0 Å². The number of nitrogens with zero attached hydrogens (tertiary/aromatic N) is 4. The van der Waals surface area contributed by atoms with Gasteiger partial charge in [0.2, 0.25) is 5.95 Å². The predicted octanol–water partition coefficient (Wildman–Crippen LogP) is 3.46. The van der Waals surface area contributed by atoms with Gasteiger partial charge in [-0.3, -0.25) is 4.90 Å². The summed E-state index contributed by atoms with van der Waals surface area (Å²) in [5, 5.41) is 2.92. The number of urea groups is 1. The van der Waals surface area contributed by atoms with Crippen molar-refractivity contribution < 1.29 is 31.1 Å². The second kappa shape index (κ2) is 10.3. The molecule has 2 amide bonds. The highest BCUT2D eigenvalue weighted by Crippen LogP contribution is 2.30. The lowest BCUT2D eigenvalue weighted by molar-refractivity contribution is -0.144. The molecule has 0 unspecified atom stereocenters. The second-order valence-corrected chi connectivity index (χ2v) is 7.00. The molecule has 1 fully saturated rings. The molecular formula is C18H20ClF6N7O. The van der Waals surface area contributed by atoms with Gasteiger partial charge in [-0.05, 0) is 17.7 Å². The van der Waals surface area contributed by atoms with Crippen molar-refractivity contribution in [2.24, 2.45) is 0 Å². The Morgan fingerprint density at radius 2 is 1.61 bits per heavy atom. The number of anilines is 3. The van der Waals surface area contributed by atoms with E-state index in [1.807, 2.05) is 0 Å². The lowest BCUT2D eigenvalue weighted by Crippen LogP contribution is -2.46. The van der Waals surface area contributed by atoms with E-state index in [2.05, 4.69) is 20.2 Å². The summed E-state index contributed by atoms with van der Waals surface area (Å²) in [6, 6.07) is 5.76. The van der Waals surface area contributed by atoms with E-state index in [4.69, 9.17) is 5.73 Å². The molecule has 33 heavy (non-hydrogen) atoms. The molecule has 0 spiro atoms. The third-order valence-corrected chi connectivity index (χ3v) is 4.59. The normalized spacial score (nSPS) is 15.0. The zero-order chi connectivity index (χ0) is 23.5. The fourth-order valence-corrected chi connectivity index (χ4v) is 3.14. The van der Waals surface area contributed by atoms with Crippen LogP contribution in [0.15, 0.2) is 30.3 Å². The van der Waals surface area contributed by atoms with Crippen LogP contribution in [-0.2, 0) is 12.7 Å². The van der Waals surface area contributed by atoms with Gasteiger partial charge in [-0.2, -0.15) is 31.3 Å². The number of carbonyl (C=O) groups excluding carboxylic acids is 1.